The average molecular weight is 406 g/mol. The Morgan fingerprint density at radius 1 is 1.32 bits per heavy atom. The van der Waals surface area contributed by atoms with Crippen LogP contribution in [-0.4, -0.2) is 4.92 Å². The number of thiophene rings is 1. The smallest absolute Gasteiger partial charge is 0.283 e. The van der Waals surface area contributed by atoms with Crippen molar-refractivity contribution in [1.29, 1.82) is 0 Å². The maximum absolute atomic E-state index is 10.7. The molecular weight excluding hydrogens is 396 g/mol. The zero-order chi connectivity index (χ0) is 14.0. The standard InChI is InChI=1S/C12H10Br2N2O2S/c1-7(11-4-5-12(14)19-11)15-8-2-3-10(16(17)18)9(13)6-8/h2-7,15H,1H3. The molecule has 19 heavy (non-hydrogen) atoms. The van der Waals surface area contributed by atoms with Gasteiger partial charge in [-0.25, -0.2) is 0 Å². The Kier molecular flexibility index (Phi) is 4.59. The quantitative estimate of drug-likeness (QED) is 0.550. The molecule has 7 heteroatoms. The second kappa shape index (κ2) is 6.02. The van der Waals surface area contributed by atoms with Gasteiger partial charge in [0.25, 0.3) is 5.69 Å². The number of rotatable bonds is 4. The monoisotopic (exact) mass is 404 g/mol. The normalized spacial score (nSPS) is 12.2. The molecule has 0 aliphatic carbocycles. The van der Waals surface area contributed by atoms with Crippen LogP contribution < -0.4 is 5.32 Å². The van der Waals surface area contributed by atoms with Crippen molar-refractivity contribution >= 4 is 54.6 Å². The van der Waals surface area contributed by atoms with Crippen LogP contribution in [0.1, 0.15) is 17.8 Å². The molecule has 0 saturated carbocycles. The van der Waals surface area contributed by atoms with E-state index in [1.165, 1.54) is 10.9 Å². The number of halogens is 2. The lowest BCUT2D eigenvalue weighted by atomic mass is 10.2. The predicted octanol–water partition coefficient (Wildman–Crippen LogP) is 5.35. The largest absolute Gasteiger partial charge is 0.378 e. The van der Waals surface area contributed by atoms with E-state index in [9.17, 15) is 10.1 Å². The molecule has 0 aliphatic heterocycles. The van der Waals surface area contributed by atoms with E-state index in [1.54, 1.807) is 23.5 Å². The Bertz CT molecular complexity index is 616. The summed E-state index contributed by atoms with van der Waals surface area (Å²) in [6.45, 7) is 2.05. The van der Waals surface area contributed by atoms with Gasteiger partial charge in [-0.2, -0.15) is 0 Å². The summed E-state index contributed by atoms with van der Waals surface area (Å²) in [5.41, 5.74) is 0.909. The van der Waals surface area contributed by atoms with Crippen LogP contribution in [0.3, 0.4) is 0 Å². The average Bonchev–Trinajstić information content (AvgIpc) is 2.75. The molecule has 0 bridgehead atoms. The molecule has 0 fully saturated rings. The topological polar surface area (TPSA) is 55.2 Å². The molecule has 1 aromatic heterocycles. The number of hydrogen-bond donors (Lipinski definition) is 1. The van der Waals surface area contributed by atoms with Crippen LogP contribution in [0.25, 0.3) is 0 Å². The van der Waals surface area contributed by atoms with E-state index in [1.807, 2.05) is 19.1 Å². The van der Waals surface area contributed by atoms with Crippen molar-refractivity contribution in [3.05, 3.63) is 53.6 Å². The van der Waals surface area contributed by atoms with E-state index >= 15 is 0 Å². The molecule has 0 spiro atoms. The second-order valence-electron chi connectivity index (χ2n) is 3.93. The number of hydrogen-bond acceptors (Lipinski definition) is 4. The van der Waals surface area contributed by atoms with Crippen LogP contribution in [-0.2, 0) is 0 Å². The zero-order valence-corrected chi connectivity index (χ0v) is 13.9. The fraction of sp³-hybridized carbons (Fsp3) is 0.167. The van der Waals surface area contributed by atoms with Crippen molar-refractivity contribution in [2.24, 2.45) is 0 Å². The van der Waals surface area contributed by atoms with Gasteiger partial charge in [0, 0.05) is 16.6 Å². The molecule has 1 aromatic carbocycles. The van der Waals surface area contributed by atoms with Crippen molar-refractivity contribution in [1.82, 2.24) is 0 Å². The maximum atomic E-state index is 10.7. The highest BCUT2D eigenvalue weighted by Crippen LogP contribution is 2.32. The van der Waals surface area contributed by atoms with Crippen molar-refractivity contribution in [2.75, 3.05) is 5.32 Å². The summed E-state index contributed by atoms with van der Waals surface area (Å²) in [7, 11) is 0. The maximum Gasteiger partial charge on any atom is 0.283 e. The second-order valence-corrected chi connectivity index (χ2v) is 7.28. The zero-order valence-electron chi connectivity index (χ0n) is 9.89. The Labute approximate surface area is 131 Å². The first-order valence-corrected chi connectivity index (χ1v) is 7.83. The van der Waals surface area contributed by atoms with E-state index in [2.05, 4.69) is 37.2 Å². The number of nitro groups is 1. The predicted molar refractivity (Wildman–Crippen MR) is 84.9 cm³/mol. The summed E-state index contributed by atoms with van der Waals surface area (Å²) in [6, 6.07) is 9.12. The Morgan fingerprint density at radius 3 is 2.58 bits per heavy atom. The van der Waals surface area contributed by atoms with Gasteiger partial charge in [0.05, 0.1) is 19.2 Å². The van der Waals surface area contributed by atoms with Crippen molar-refractivity contribution in [3.8, 4) is 0 Å². The number of anilines is 1. The van der Waals surface area contributed by atoms with Crippen molar-refractivity contribution in [2.45, 2.75) is 13.0 Å². The Morgan fingerprint density at radius 2 is 2.05 bits per heavy atom. The van der Waals surface area contributed by atoms with Crippen LogP contribution in [0.5, 0.6) is 0 Å². The Hall–Kier alpha value is -0.920. The lowest BCUT2D eigenvalue weighted by Crippen LogP contribution is -2.04. The first-order chi connectivity index (χ1) is 8.97. The molecule has 0 amide bonds. The molecule has 100 valence electrons. The molecule has 1 heterocycles. The summed E-state index contributed by atoms with van der Waals surface area (Å²) in [5.74, 6) is 0. The first kappa shape index (κ1) is 14.5. The van der Waals surface area contributed by atoms with Gasteiger partial charge in [-0.15, -0.1) is 11.3 Å². The highest BCUT2D eigenvalue weighted by atomic mass is 79.9. The minimum absolute atomic E-state index is 0.0667. The van der Waals surface area contributed by atoms with Gasteiger partial charge in [-0.05, 0) is 63.0 Å². The molecule has 2 rings (SSSR count). The van der Waals surface area contributed by atoms with Gasteiger partial charge in [0.15, 0.2) is 0 Å². The van der Waals surface area contributed by atoms with E-state index in [-0.39, 0.29) is 11.7 Å². The number of nitrogens with zero attached hydrogens (tertiary/aromatic N) is 1. The minimum atomic E-state index is -0.409. The van der Waals surface area contributed by atoms with Crippen LogP contribution in [0.15, 0.2) is 38.6 Å². The molecule has 0 saturated heterocycles. The number of benzene rings is 1. The molecule has 1 N–H and O–H groups in total. The summed E-state index contributed by atoms with van der Waals surface area (Å²) in [6.07, 6.45) is 0. The summed E-state index contributed by atoms with van der Waals surface area (Å²) < 4.78 is 1.56. The third-order valence-corrected chi connectivity index (χ3v) is 4.99. The van der Waals surface area contributed by atoms with Crippen LogP contribution in [0.2, 0.25) is 0 Å². The lowest BCUT2D eigenvalue weighted by Gasteiger charge is -2.13. The summed E-state index contributed by atoms with van der Waals surface area (Å²) in [4.78, 5) is 11.5. The minimum Gasteiger partial charge on any atom is -0.378 e. The molecule has 2 aromatic rings. The molecule has 4 nitrogen and oxygen atoms in total. The lowest BCUT2D eigenvalue weighted by molar-refractivity contribution is -0.385. The van der Waals surface area contributed by atoms with E-state index in [0.29, 0.717) is 4.47 Å². The molecule has 0 aliphatic rings. The van der Waals surface area contributed by atoms with E-state index in [0.717, 1.165) is 9.47 Å². The third-order valence-electron chi connectivity index (χ3n) is 2.55. The van der Waals surface area contributed by atoms with Gasteiger partial charge < -0.3 is 5.32 Å². The van der Waals surface area contributed by atoms with E-state index in [4.69, 9.17) is 0 Å². The van der Waals surface area contributed by atoms with Crippen LogP contribution in [0.4, 0.5) is 11.4 Å². The third kappa shape index (κ3) is 3.55. The SMILES string of the molecule is CC(Nc1ccc([N+](=O)[O-])c(Br)c1)c1ccc(Br)s1. The summed E-state index contributed by atoms with van der Waals surface area (Å²) in [5, 5.41) is 14.0. The highest BCUT2D eigenvalue weighted by molar-refractivity contribution is 9.11. The van der Waals surface area contributed by atoms with Crippen LogP contribution >= 0.6 is 43.2 Å². The Balaban J connectivity index is 2.15. The summed E-state index contributed by atoms with van der Waals surface area (Å²) >= 11 is 8.30. The molecule has 1 atom stereocenters. The molecule has 1 unspecified atom stereocenters. The van der Waals surface area contributed by atoms with Gasteiger partial charge in [0.1, 0.15) is 0 Å². The van der Waals surface area contributed by atoms with Crippen molar-refractivity contribution in [3.63, 3.8) is 0 Å². The first-order valence-electron chi connectivity index (χ1n) is 5.43. The van der Waals surface area contributed by atoms with Gasteiger partial charge >= 0.3 is 0 Å². The molecule has 0 radical (unpaired) electrons. The van der Waals surface area contributed by atoms with Crippen LogP contribution in [0, 0.1) is 10.1 Å². The van der Waals surface area contributed by atoms with E-state index < -0.39 is 4.92 Å². The fourth-order valence-corrected chi connectivity index (χ4v) is 3.58. The van der Waals surface area contributed by atoms with Gasteiger partial charge in [0.2, 0.25) is 0 Å². The molecular formula is C12H10Br2N2O2S. The van der Waals surface area contributed by atoms with Gasteiger partial charge in [-0.1, -0.05) is 0 Å². The highest BCUT2D eigenvalue weighted by Gasteiger charge is 2.13. The fourth-order valence-electron chi connectivity index (χ4n) is 1.63. The number of nitrogens with one attached hydrogen (secondary N) is 1. The van der Waals surface area contributed by atoms with Crippen molar-refractivity contribution < 1.29 is 4.92 Å². The van der Waals surface area contributed by atoms with Gasteiger partial charge in [-0.3, -0.25) is 10.1 Å². The number of nitro benzene ring substituents is 1.